The van der Waals surface area contributed by atoms with Crippen LogP contribution in [0.15, 0.2) is 29.7 Å². The second-order valence-corrected chi connectivity index (χ2v) is 7.59. The Balaban J connectivity index is 2.18. The topological polar surface area (TPSA) is 72.7 Å². The van der Waals surface area contributed by atoms with Crippen molar-refractivity contribution in [1.82, 2.24) is 25.1 Å². The summed E-state index contributed by atoms with van der Waals surface area (Å²) in [5, 5.41) is 12.0. The molecule has 1 unspecified atom stereocenters. The first kappa shape index (κ1) is 17.5. The van der Waals surface area contributed by atoms with Crippen molar-refractivity contribution in [1.29, 1.82) is 0 Å². The van der Waals surface area contributed by atoms with Crippen LogP contribution in [0.3, 0.4) is 0 Å². The van der Waals surface area contributed by atoms with Crippen LogP contribution in [0.1, 0.15) is 34.6 Å². The summed E-state index contributed by atoms with van der Waals surface area (Å²) in [6, 6.07) is 3.81. The molecule has 2 aromatic heterocycles. The average molecular weight is 333 g/mol. The second kappa shape index (κ2) is 7.12. The van der Waals surface area contributed by atoms with Crippen molar-refractivity contribution in [2.45, 2.75) is 57.1 Å². The molecule has 0 aliphatic rings. The molecule has 0 aliphatic carbocycles. The van der Waals surface area contributed by atoms with Gasteiger partial charge in [-0.1, -0.05) is 11.8 Å². The molecule has 6 nitrogen and oxygen atoms in total. The number of carbonyl (C=O) groups is 1. The zero-order valence-corrected chi connectivity index (χ0v) is 15.0. The van der Waals surface area contributed by atoms with E-state index in [-0.39, 0.29) is 16.7 Å². The summed E-state index contributed by atoms with van der Waals surface area (Å²) in [7, 11) is 0. The third kappa shape index (κ3) is 4.54. The number of pyridine rings is 1. The van der Waals surface area contributed by atoms with E-state index in [1.807, 2.05) is 51.3 Å². The molecule has 1 amide bonds. The van der Waals surface area contributed by atoms with Gasteiger partial charge in [0, 0.05) is 30.0 Å². The van der Waals surface area contributed by atoms with Crippen LogP contribution in [-0.4, -0.2) is 36.4 Å². The predicted octanol–water partition coefficient (Wildman–Crippen LogP) is 2.76. The van der Waals surface area contributed by atoms with Gasteiger partial charge in [-0.3, -0.25) is 9.78 Å². The number of amides is 1. The van der Waals surface area contributed by atoms with Crippen molar-refractivity contribution in [2.75, 3.05) is 0 Å². The molecule has 1 atom stereocenters. The highest BCUT2D eigenvalue weighted by Crippen LogP contribution is 2.26. The molecule has 0 bridgehead atoms. The Morgan fingerprint density at radius 2 is 1.96 bits per heavy atom. The van der Waals surface area contributed by atoms with Crippen molar-refractivity contribution < 1.29 is 4.79 Å². The van der Waals surface area contributed by atoms with E-state index >= 15 is 0 Å². The summed E-state index contributed by atoms with van der Waals surface area (Å²) in [6.45, 7) is 10.6. The monoisotopic (exact) mass is 333 g/mol. The molecule has 0 aromatic carbocycles. The molecule has 2 rings (SSSR count). The van der Waals surface area contributed by atoms with Gasteiger partial charge < -0.3 is 9.88 Å². The van der Waals surface area contributed by atoms with Crippen molar-refractivity contribution >= 4 is 17.7 Å². The summed E-state index contributed by atoms with van der Waals surface area (Å²) >= 11 is 1.42. The Morgan fingerprint density at radius 1 is 1.30 bits per heavy atom. The third-order valence-electron chi connectivity index (χ3n) is 3.12. The fraction of sp³-hybridized carbons (Fsp3) is 0.500. The molecule has 124 valence electrons. The van der Waals surface area contributed by atoms with Crippen LogP contribution in [0.2, 0.25) is 0 Å². The Labute approximate surface area is 141 Å². The molecular formula is C16H23N5OS. The van der Waals surface area contributed by atoms with Crippen LogP contribution in [0.25, 0.3) is 11.4 Å². The second-order valence-electron chi connectivity index (χ2n) is 6.29. The largest absolute Gasteiger partial charge is 0.351 e. The molecule has 23 heavy (non-hydrogen) atoms. The molecule has 2 aromatic rings. The first-order valence-corrected chi connectivity index (χ1v) is 8.52. The van der Waals surface area contributed by atoms with E-state index in [1.165, 1.54) is 11.8 Å². The summed E-state index contributed by atoms with van der Waals surface area (Å²) in [5.41, 5.74) is 0.722. The maximum absolute atomic E-state index is 12.2. The van der Waals surface area contributed by atoms with Gasteiger partial charge >= 0.3 is 0 Å². The minimum absolute atomic E-state index is 0.00128. The Hall–Kier alpha value is -1.89. The van der Waals surface area contributed by atoms with Gasteiger partial charge in [0.15, 0.2) is 11.0 Å². The molecule has 0 spiro atoms. The lowest BCUT2D eigenvalue weighted by Gasteiger charge is -2.22. The SMILES string of the molecule is CCn1c(SC(C)C(=O)NC(C)(C)C)nnc1-c1ccncc1. The number of rotatable bonds is 5. The first-order valence-electron chi connectivity index (χ1n) is 7.64. The van der Waals surface area contributed by atoms with Gasteiger partial charge in [0.1, 0.15) is 0 Å². The van der Waals surface area contributed by atoms with E-state index in [0.29, 0.717) is 0 Å². The number of nitrogens with zero attached hydrogens (tertiary/aromatic N) is 4. The van der Waals surface area contributed by atoms with Crippen molar-refractivity contribution in [3.63, 3.8) is 0 Å². The van der Waals surface area contributed by atoms with E-state index in [4.69, 9.17) is 0 Å². The number of thioether (sulfide) groups is 1. The van der Waals surface area contributed by atoms with E-state index in [9.17, 15) is 4.79 Å². The molecule has 1 N–H and O–H groups in total. The first-order chi connectivity index (χ1) is 10.8. The van der Waals surface area contributed by atoms with Crippen LogP contribution < -0.4 is 5.32 Å². The predicted molar refractivity (Wildman–Crippen MR) is 92.1 cm³/mol. The van der Waals surface area contributed by atoms with Gasteiger partial charge in [0.2, 0.25) is 5.91 Å². The lowest BCUT2D eigenvalue weighted by molar-refractivity contribution is -0.121. The number of carbonyl (C=O) groups excluding carboxylic acids is 1. The van der Waals surface area contributed by atoms with Gasteiger partial charge in [-0.15, -0.1) is 10.2 Å². The highest BCUT2D eigenvalue weighted by atomic mass is 32.2. The molecule has 0 aliphatic heterocycles. The van der Waals surface area contributed by atoms with Crippen LogP contribution in [0.4, 0.5) is 0 Å². The lowest BCUT2D eigenvalue weighted by Crippen LogP contribution is -2.44. The van der Waals surface area contributed by atoms with Crippen LogP contribution >= 0.6 is 11.8 Å². The minimum Gasteiger partial charge on any atom is -0.351 e. The van der Waals surface area contributed by atoms with E-state index in [2.05, 4.69) is 20.5 Å². The van der Waals surface area contributed by atoms with Crippen LogP contribution in [-0.2, 0) is 11.3 Å². The van der Waals surface area contributed by atoms with E-state index in [0.717, 1.165) is 23.1 Å². The van der Waals surface area contributed by atoms with Crippen molar-refractivity contribution in [2.24, 2.45) is 0 Å². The quantitative estimate of drug-likeness (QED) is 0.852. The molecule has 0 fully saturated rings. The standard InChI is InChI=1S/C16H23N5OS/c1-6-21-13(12-7-9-17-10-8-12)19-20-15(21)23-11(2)14(22)18-16(3,4)5/h7-11H,6H2,1-5H3,(H,18,22). The Kier molecular flexibility index (Phi) is 5.41. The fourth-order valence-electron chi connectivity index (χ4n) is 2.06. The van der Waals surface area contributed by atoms with E-state index < -0.39 is 0 Å². The fourth-order valence-corrected chi connectivity index (χ4v) is 2.97. The van der Waals surface area contributed by atoms with Gasteiger partial charge in [-0.05, 0) is 46.8 Å². The van der Waals surface area contributed by atoms with Crippen LogP contribution in [0.5, 0.6) is 0 Å². The van der Waals surface area contributed by atoms with Crippen LogP contribution in [0, 0.1) is 0 Å². The molecule has 0 saturated heterocycles. The average Bonchev–Trinajstić information content (AvgIpc) is 2.89. The smallest absolute Gasteiger partial charge is 0.233 e. The van der Waals surface area contributed by atoms with Gasteiger partial charge in [0.05, 0.1) is 5.25 Å². The zero-order chi connectivity index (χ0) is 17.0. The summed E-state index contributed by atoms with van der Waals surface area (Å²) < 4.78 is 2.01. The Bertz CT molecular complexity index is 663. The summed E-state index contributed by atoms with van der Waals surface area (Å²) in [4.78, 5) is 16.3. The minimum atomic E-state index is -0.244. The summed E-state index contributed by atoms with van der Waals surface area (Å²) in [5.74, 6) is 0.791. The maximum Gasteiger partial charge on any atom is 0.233 e. The Morgan fingerprint density at radius 3 is 2.52 bits per heavy atom. The zero-order valence-electron chi connectivity index (χ0n) is 14.2. The van der Waals surface area contributed by atoms with Gasteiger partial charge in [-0.25, -0.2) is 0 Å². The summed E-state index contributed by atoms with van der Waals surface area (Å²) in [6.07, 6.45) is 3.46. The number of nitrogens with one attached hydrogen (secondary N) is 1. The normalized spacial score (nSPS) is 12.9. The number of aromatic nitrogens is 4. The maximum atomic E-state index is 12.2. The molecule has 2 heterocycles. The third-order valence-corrected chi connectivity index (χ3v) is 4.20. The van der Waals surface area contributed by atoms with Crippen molar-refractivity contribution in [3.05, 3.63) is 24.5 Å². The van der Waals surface area contributed by atoms with Gasteiger partial charge in [0.25, 0.3) is 0 Å². The molecule has 0 radical (unpaired) electrons. The highest BCUT2D eigenvalue weighted by Gasteiger charge is 2.23. The molecule has 7 heteroatoms. The van der Waals surface area contributed by atoms with Gasteiger partial charge in [-0.2, -0.15) is 0 Å². The number of hydrogen-bond acceptors (Lipinski definition) is 5. The van der Waals surface area contributed by atoms with Crippen molar-refractivity contribution in [3.8, 4) is 11.4 Å². The van der Waals surface area contributed by atoms with E-state index in [1.54, 1.807) is 12.4 Å². The molecule has 0 saturated carbocycles. The number of hydrogen-bond donors (Lipinski definition) is 1. The highest BCUT2D eigenvalue weighted by molar-refractivity contribution is 8.00. The molecular weight excluding hydrogens is 310 g/mol. The lowest BCUT2D eigenvalue weighted by atomic mass is 10.1.